The van der Waals surface area contributed by atoms with Gasteiger partial charge in [-0.1, -0.05) is 11.6 Å². The summed E-state index contributed by atoms with van der Waals surface area (Å²) >= 11 is 7.50. The predicted molar refractivity (Wildman–Crippen MR) is 72.2 cm³/mol. The summed E-state index contributed by atoms with van der Waals surface area (Å²) in [7, 11) is 0. The highest BCUT2D eigenvalue weighted by atomic mass is 35.5. The van der Waals surface area contributed by atoms with E-state index in [1.54, 1.807) is 11.3 Å². The molecule has 0 radical (unpaired) electrons. The molecule has 6 heteroatoms. The monoisotopic (exact) mass is 276 g/mol. The van der Waals surface area contributed by atoms with Gasteiger partial charge in [-0.15, -0.1) is 26.3 Å². The van der Waals surface area contributed by atoms with Crippen LogP contribution in [0.5, 0.6) is 0 Å². The Balaban J connectivity index is 2.03. The molecule has 0 spiro atoms. The Morgan fingerprint density at radius 2 is 2.17 bits per heavy atom. The van der Waals surface area contributed by atoms with Crippen molar-refractivity contribution >= 4 is 22.9 Å². The fourth-order valence-electron chi connectivity index (χ4n) is 1.68. The molecular weight excluding hydrogens is 268 g/mol. The van der Waals surface area contributed by atoms with Crippen molar-refractivity contribution in [2.24, 2.45) is 0 Å². The van der Waals surface area contributed by atoms with E-state index in [1.165, 1.54) is 4.80 Å². The van der Waals surface area contributed by atoms with Crippen molar-refractivity contribution in [3.63, 3.8) is 0 Å². The molecule has 1 aromatic carbocycles. The Hall–Kier alpha value is -1.72. The summed E-state index contributed by atoms with van der Waals surface area (Å²) in [5.74, 6) is 0.609. The van der Waals surface area contributed by atoms with Gasteiger partial charge in [-0.3, -0.25) is 0 Å². The van der Waals surface area contributed by atoms with E-state index < -0.39 is 0 Å². The van der Waals surface area contributed by atoms with Gasteiger partial charge in [0.05, 0.1) is 0 Å². The number of benzene rings is 1. The number of halogens is 1. The van der Waals surface area contributed by atoms with Crippen LogP contribution in [-0.2, 0) is 0 Å². The Kier molecular flexibility index (Phi) is 2.85. The number of thiophene rings is 1. The quantitative estimate of drug-likeness (QED) is 0.721. The fourth-order valence-corrected chi connectivity index (χ4v) is 2.53. The van der Waals surface area contributed by atoms with E-state index in [0.717, 1.165) is 16.1 Å². The summed E-state index contributed by atoms with van der Waals surface area (Å²) in [6.07, 6.45) is 0. The van der Waals surface area contributed by atoms with E-state index in [0.29, 0.717) is 10.8 Å². The van der Waals surface area contributed by atoms with Crippen molar-refractivity contribution in [3.8, 4) is 16.4 Å². The average molecular weight is 277 g/mol. The SMILES string of the molecule is Cc1cc(Cl)ccc1-c1nnn(-c2cccs2)n1. The third kappa shape index (κ3) is 2.02. The first-order chi connectivity index (χ1) is 8.74. The zero-order valence-corrected chi connectivity index (χ0v) is 11.1. The second-order valence-corrected chi connectivity index (χ2v) is 5.18. The lowest BCUT2D eigenvalue weighted by Crippen LogP contribution is -1.95. The minimum Gasteiger partial charge on any atom is -0.125 e. The summed E-state index contributed by atoms with van der Waals surface area (Å²) in [5, 5.41) is 16.1. The second-order valence-electron chi connectivity index (χ2n) is 3.81. The largest absolute Gasteiger partial charge is 0.205 e. The number of rotatable bonds is 2. The zero-order valence-electron chi connectivity index (χ0n) is 9.54. The molecule has 0 fully saturated rings. The molecule has 0 unspecified atom stereocenters. The van der Waals surface area contributed by atoms with Gasteiger partial charge in [-0.05, 0) is 53.4 Å². The Morgan fingerprint density at radius 3 is 2.89 bits per heavy atom. The molecule has 0 saturated carbocycles. The Morgan fingerprint density at radius 1 is 1.28 bits per heavy atom. The molecule has 0 amide bonds. The van der Waals surface area contributed by atoms with Gasteiger partial charge in [0, 0.05) is 10.6 Å². The molecular formula is C12H9ClN4S. The minimum absolute atomic E-state index is 0.609. The maximum absolute atomic E-state index is 5.93. The third-order valence-electron chi connectivity index (χ3n) is 2.55. The van der Waals surface area contributed by atoms with Gasteiger partial charge in [0.25, 0.3) is 0 Å². The number of aryl methyl sites for hydroxylation is 1. The van der Waals surface area contributed by atoms with Crippen LogP contribution in [0.3, 0.4) is 0 Å². The minimum atomic E-state index is 0.609. The van der Waals surface area contributed by atoms with Gasteiger partial charge in [0.2, 0.25) is 5.82 Å². The fraction of sp³-hybridized carbons (Fsp3) is 0.0833. The molecule has 0 saturated heterocycles. The highest BCUT2D eigenvalue weighted by molar-refractivity contribution is 7.12. The van der Waals surface area contributed by atoms with Crippen molar-refractivity contribution in [2.45, 2.75) is 6.92 Å². The maximum atomic E-state index is 5.93. The predicted octanol–water partition coefficient (Wildman–Crippen LogP) is 3.35. The Labute approximate surface area is 113 Å². The van der Waals surface area contributed by atoms with Crippen molar-refractivity contribution in [2.75, 3.05) is 0 Å². The summed E-state index contributed by atoms with van der Waals surface area (Å²) < 4.78 is 0. The molecule has 0 N–H and O–H groups in total. The van der Waals surface area contributed by atoms with E-state index >= 15 is 0 Å². The maximum Gasteiger partial charge on any atom is 0.205 e. The van der Waals surface area contributed by atoms with Crippen molar-refractivity contribution < 1.29 is 0 Å². The second kappa shape index (κ2) is 4.51. The van der Waals surface area contributed by atoms with Gasteiger partial charge in [-0.25, -0.2) is 0 Å². The molecule has 18 heavy (non-hydrogen) atoms. The molecule has 2 heterocycles. The van der Waals surface area contributed by atoms with Crippen LogP contribution in [-0.4, -0.2) is 20.2 Å². The van der Waals surface area contributed by atoms with Crippen LogP contribution in [0.1, 0.15) is 5.56 Å². The standard InChI is InChI=1S/C12H9ClN4S/c1-8-7-9(13)4-5-10(8)12-14-16-17(15-12)11-3-2-6-18-11/h2-7H,1H3. The van der Waals surface area contributed by atoms with Crippen LogP contribution in [0.25, 0.3) is 16.4 Å². The van der Waals surface area contributed by atoms with Crippen LogP contribution >= 0.6 is 22.9 Å². The molecule has 0 bridgehead atoms. The van der Waals surface area contributed by atoms with E-state index in [1.807, 2.05) is 42.6 Å². The molecule has 2 aromatic heterocycles. The van der Waals surface area contributed by atoms with Gasteiger partial charge in [0.15, 0.2) is 0 Å². The topological polar surface area (TPSA) is 43.6 Å². The van der Waals surface area contributed by atoms with Crippen LogP contribution in [0.15, 0.2) is 35.7 Å². The molecule has 90 valence electrons. The first-order valence-electron chi connectivity index (χ1n) is 5.34. The lowest BCUT2D eigenvalue weighted by molar-refractivity contribution is 0.731. The summed E-state index contributed by atoms with van der Waals surface area (Å²) in [6, 6.07) is 9.54. The van der Waals surface area contributed by atoms with Crippen molar-refractivity contribution in [3.05, 3.63) is 46.3 Å². The molecule has 4 nitrogen and oxygen atoms in total. The molecule has 0 aliphatic rings. The van der Waals surface area contributed by atoms with Gasteiger partial charge in [-0.2, -0.15) is 0 Å². The number of tetrazole rings is 1. The summed E-state index contributed by atoms with van der Waals surface area (Å²) in [4.78, 5) is 1.54. The summed E-state index contributed by atoms with van der Waals surface area (Å²) in [6.45, 7) is 1.98. The normalized spacial score (nSPS) is 10.8. The third-order valence-corrected chi connectivity index (χ3v) is 3.62. The van der Waals surface area contributed by atoms with E-state index in [-0.39, 0.29) is 0 Å². The Bertz CT molecular complexity index is 675. The summed E-state index contributed by atoms with van der Waals surface area (Å²) in [5.41, 5.74) is 1.98. The van der Waals surface area contributed by atoms with E-state index in [2.05, 4.69) is 15.4 Å². The first kappa shape index (κ1) is 11.4. The number of hydrogen-bond acceptors (Lipinski definition) is 4. The number of aromatic nitrogens is 4. The van der Waals surface area contributed by atoms with Crippen LogP contribution in [0, 0.1) is 6.92 Å². The van der Waals surface area contributed by atoms with Crippen LogP contribution in [0.4, 0.5) is 0 Å². The van der Waals surface area contributed by atoms with Crippen molar-refractivity contribution in [1.82, 2.24) is 20.2 Å². The molecule has 3 rings (SSSR count). The smallest absolute Gasteiger partial charge is 0.125 e. The van der Waals surface area contributed by atoms with Gasteiger partial charge < -0.3 is 0 Å². The van der Waals surface area contributed by atoms with E-state index in [9.17, 15) is 0 Å². The van der Waals surface area contributed by atoms with Crippen LogP contribution < -0.4 is 0 Å². The number of hydrogen-bond donors (Lipinski definition) is 0. The number of nitrogens with zero attached hydrogens (tertiary/aromatic N) is 4. The van der Waals surface area contributed by atoms with Gasteiger partial charge >= 0.3 is 0 Å². The lowest BCUT2D eigenvalue weighted by Gasteiger charge is -2.00. The van der Waals surface area contributed by atoms with Crippen LogP contribution in [0.2, 0.25) is 5.02 Å². The average Bonchev–Trinajstić information content (AvgIpc) is 2.99. The van der Waals surface area contributed by atoms with Gasteiger partial charge in [0.1, 0.15) is 5.00 Å². The van der Waals surface area contributed by atoms with E-state index in [4.69, 9.17) is 11.6 Å². The molecule has 0 aliphatic carbocycles. The first-order valence-corrected chi connectivity index (χ1v) is 6.60. The zero-order chi connectivity index (χ0) is 12.5. The van der Waals surface area contributed by atoms with Crippen molar-refractivity contribution in [1.29, 1.82) is 0 Å². The lowest BCUT2D eigenvalue weighted by atomic mass is 10.1. The highest BCUT2D eigenvalue weighted by Crippen LogP contribution is 2.23. The molecule has 0 atom stereocenters. The molecule has 3 aromatic rings. The highest BCUT2D eigenvalue weighted by Gasteiger charge is 2.10. The molecule has 0 aliphatic heterocycles.